The third-order valence-corrected chi connectivity index (χ3v) is 3.22. The number of halogens is 2. The average Bonchev–Trinajstić information content (AvgIpc) is 2.61. The number of hydrazine groups is 1. The van der Waals surface area contributed by atoms with Gasteiger partial charge in [0.1, 0.15) is 11.6 Å². The Bertz CT molecular complexity index is 820. The normalized spacial score (nSPS) is 13.2. The highest BCUT2D eigenvalue weighted by Crippen LogP contribution is 2.10. The van der Waals surface area contributed by atoms with Crippen LogP contribution in [0.2, 0.25) is 0 Å². The maximum atomic E-state index is 13.6. The second kappa shape index (κ2) is 6.37. The fourth-order valence-corrected chi connectivity index (χ4v) is 2.02. The zero-order valence-corrected chi connectivity index (χ0v) is 12.1. The number of carbonyl (C=O) groups excluding carboxylic acids is 2. The van der Waals surface area contributed by atoms with Crippen molar-refractivity contribution in [3.8, 4) is 0 Å². The van der Waals surface area contributed by atoms with Gasteiger partial charge in [0, 0.05) is 0 Å². The summed E-state index contributed by atoms with van der Waals surface area (Å²) in [5.41, 5.74) is 4.37. The van der Waals surface area contributed by atoms with E-state index in [0.29, 0.717) is 0 Å². The molecule has 0 aliphatic carbocycles. The Kier molecular flexibility index (Phi) is 4.11. The van der Waals surface area contributed by atoms with Crippen molar-refractivity contribution in [2.45, 2.75) is 0 Å². The molecule has 0 saturated heterocycles. The number of nitrogens with one attached hydrogen (secondary N) is 2. The molecule has 0 atom stereocenters. The zero-order chi connectivity index (χ0) is 17.1. The van der Waals surface area contributed by atoms with Crippen molar-refractivity contribution >= 4 is 23.2 Å². The van der Waals surface area contributed by atoms with Crippen LogP contribution in [0.5, 0.6) is 0 Å². The van der Waals surface area contributed by atoms with Crippen LogP contribution in [0.4, 0.5) is 8.78 Å². The van der Waals surface area contributed by atoms with Crippen molar-refractivity contribution in [1.82, 2.24) is 10.9 Å². The number of Topliss-reactive ketones (excluding diaryl/α,β-unsaturated/α-hetero) is 2. The number of amidine groups is 2. The third kappa shape index (κ3) is 2.89. The summed E-state index contributed by atoms with van der Waals surface area (Å²) in [5, 5.41) is 7.15. The summed E-state index contributed by atoms with van der Waals surface area (Å²) in [6, 6.07) is 10.8. The minimum absolute atomic E-state index is 0.190. The molecule has 0 fully saturated rings. The van der Waals surface area contributed by atoms with Crippen LogP contribution in [0.25, 0.3) is 0 Å². The monoisotopic (exact) mass is 328 g/mol. The van der Waals surface area contributed by atoms with Crippen LogP contribution in [0, 0.1) is 11.6 Å². The lowest BCUT2D eigenvalue weighted by molar-refractivity contribution is 0.104. The molecule has 0 aromatic heterocycles. The van der Waals surface area contributed by atoms with Gasteiger partial charge in [-0.25, -0.2) is 8.78 Å². The molecule has 1 aliphatic rings. The Morgan fingerprint density at radius 2 is 1.08 bits per heavy atom. The van der Waals surface area contributed by atoms with Gasteiger partial charge in [-0.2, -0.15) is 0 Å². The molecule has 2 N–H and O–H groups in total. The largest absolute Gasteiger partial charge is 0.285 e. The van der Waals surface area contributed by atoms with Crippen LogP contribution in [0.15, 0.2) is 58.7 Å². The van der Waals surface area contributed by atoms with Gasteiger partial charge in [-0.3, -0.25) is 20.4 Å². The lowest BCUT2D eigenvalue weighted by atomic mass is 10.1. The van der Waals surface area contributed by atoms with Crippen molar-refractivity contribution < 1.29 is 18.4 Å². The summed E-state index contributed by atoms with van der Waals surface area (Å²) >= 11 is 0. The average molecular weight is 328 g/mol. The van der Waals surface area contributed by atoms with Gasteiger partial charge in [0.05, 0.1) is 11.1 Å². The first-order chi connectivity index (χ1) is 11.6. The molecule has 0 saturated carbocycles. The summed E-state index contributed by atoms with van der Waals surface area (Å²) in [6.07, 6.45) is 0. The summed E-state index contributed by atoms with van der Waals surface area (Å²) in [5.74, 6) is -3.45. The molecule has 0 spiro atoms. The van der Waals surface area contributed by atoms with Crippen molar-refractivity contribution in [2.75, 3.05) is 0 Å². The van der Waals surface area contributed by atoms with E-state index in [-0.39, 0.29) is 22.8 Å². The summed E-state index contributed by atoms with van der Waals surface area (Å²) < 4.78 is 27.2. The molecule has 0 radical (unpaired) electrons. The lowest BCUT2D eigenvalue weighted by Gasteiger charge is -2.15. The highest BCUT2D eigenvalue weighted by molar-refractivity contribution is 6.49. The first-order valence-corrected chi connectivity index (χ1v) is 6.84. The molecule has 24 heavy (non-hydrogen) atoms. The predicted molar refractivity (Wildman–Crippen MR) is 82.6 cm³/mol. The van der Waals surface area contributed by atoms with E-state index in [1.807, 2.05) is 0 Å². The van der Waals surface area contributed by atoms with Gasteiger partial charge >= 0.3 is 0 Å². The smallest absolute Gasteiger partial charge is 0.234 e. The molecule has 6 nitrogen and oxygen atoms in total. The number of nitrogens with zero attached hydrogens (tertiary/aromatic N) is 2. The van der Waals surface area contributed by atoms with E-state index < -0.39 is 23.2 Å². The van der Waals surface area contributed by atoms with E-state index in [0.717, 1.165) is 12.1 Å². The number of benzene rings is 2. The topological polar surface area (TPSA) is 82.9 Å². The minimum Gasteiger partial charge on any atom is -0.285 e. The molecule has 2 aromatic carbocycles. The molecule has 3 rings (SSSR count). The van der Waals surface area contributed by atoms with Gasteiger partial charge in [0.2, 0.25) is 23.2 Å². The molecule has 2 aromatic rings. The van der Waals surface area contributed by atoms with Crippen LogP contribution < -0.4 is 10.9 Å². The highest BCUT2D eigenvalue weighted by Gasteiger charge is 2.24. The number of rotatable bonds is 4. The molecule has 120 valence electrons. The number of hydrogen-bond acceptors (Lipinski definition) is 6. The first-order valence-electron chi connectivity index (χ1n) is 6.84. The van der Waals surface area contributed by atoms with Crippen LogP contribution in [-0.2, 0) is 0 Å². The molecule has 0 unspecified atom stereocenters. The van der Waals surface area contributed by atoms with Gasteiger partial charge < -0.3 is 0 Å². The number of carbonyl (C=O) groups is 2. The van der Waals surface area contributed by atoms with Gasteiger partial charge in [0.15, 0.2) is 0 Å². The Hall–Kier alpha value is -3.42. The van der Waals surface area contributed by atoms with E-state index in [2.05, 4.69) is 21.1 Å². The first kappa shape index (κ1) is 15.5. The Balaban J connectivity index is 1.84. The van der Waals surface area contributed by atoms with Crippen LogP contribution >= 0.6 is 0 Å². The van der Waals surface area contributed by atoms with Crippen LogP contribution in [0.1, 0.15) is 20.7 Å². The SMILES string of the molecule is O=C(C1=NN=C(C(=O)c2ccccc2F)NN1)c1ccccc1F. The molecule has 1 aliphatic heterocycles. The van der Waals surface area contributed by atoms with E-state index in [4.69, 9.17) is 0 Å². The Morgan fingerprint density at radius 3 is 1.42 bits per heavy atom. The van der Waals surface area contributed by atoms with Crippen molar-refractivity contribution in [3.05, 3.63) is 71.3 Å². The standard InChI is InChI=1S/C16H10F2N4O2/c17-11-7-3-1-5-9(11)13(23)15-19-21-16(22-20-15)14(24)10-6-2-4-8-12(10)18/h1-8H,(H,19,20)(H,21,22). The maximum absolute atomic E-state index is 13.6. The van der Waals surface area contributed by atoms with E-state index in [1.54, 1.807) is 0 Å². The molecule has 0 bridgehead atoms. The molecular weight excluding hydrogens is 318 g/mol. The van der Waals surface area contributed by atoms with Crippen LogP contribution in [-0.4, -0.2) is 23.2 Å². The van der Waals surface area contributed by atoms with Gasteiger partial charge in [-0.05, 0) is 24.3 Å². The van der Waals surface area contributed by atoms with Gasteiger partial charge in [0.25, 0.3) is 0 Å². The highest BCUT2D eigenvalue weighted by atomic mass is 19.1. The molecule has 8 heteroatoms. The predicted octanol–water partition coefficient (Wildman–Crippen LogP) is 1.85. The van der Waals surface area contributed by atoms with Gasteiger partial charge in [-0.15, -0.1) is 10.2 Å². The summed E-state index contributed by atoms with van der Waals surface area (Å²) in [6.45, 7) is 0. The fourth-order valence-electron chi connectivity index (χ4n) is 2.02. The van der Waals surface area contributed by atoms with Crippen molar-refractivity contribution in [2.24, 2.45) is 10.2 Å². The Labute approximate surface area is 134 Å². The Morgan fingerprint density at radius 1 is 0.708 bits per heavy atom. The molecular formula is C16H10F2N4O2. The molecule has 1 heterocycles. The zero-order valence-electron chi connectivity index (χ0n) is 12.1. The summed E-state index contributed by atoms with van der Waals surface area (Å²) in [7, 11) is 0. The minimum atomic E-state index is -0.734. The second-order valence-electron chi connectivity index (χ2n) is 4.77. The summed E-state index contributed by atoms with van der Waals surface area (Å²) in [4.78, 5) is 24.3. The van der Waals surface area contributed by atoms with E-state index in [9.17, 15) is 18.4 Å². The number of ketones is 2. The van der Waals surface area contributed by atoms with Crippen molar-refractivity contribution in [3.63, 3.8) is 0 Å². The van der Waals surface area contributed by atoms with Gasteiger partial charge in [-0.1, -0.05) is 24.3 Å². The van der Waals surface area contributed by atoms with E-state index >= 15 is 0 Å². The fraction of sp³-hybridized carbons (Fsp3) is 0. The third-order valence-electron chi connectivity index (χ3n) is 3.22. The molecule has 0 amide bonds. The second-order valence-corrected chi connectivity index (χ2v) is 4.77. The maximum Gasteiger partial charge on any atom is 0.234 e. The van der Waals surface area contributed by atoms with Crippen molar-refractivity contribution in [1.29, 1.82) is 0 Å². The lowest BCUT2D eigenvalue weighted by Crippen LogP contribution is -2.50. The quantitative estimate of drug-likeness (QED) is 0.839. The van der Waals surface area contributed by atoms with E-state index in [1.165, 1.54) is 36.4 Å². The van der Waals surface area contributed by atoms with Crippen LogP contribution in [0.3, 0.4) is 0 Å². The number of hydrogen-bond donors (Lipinski definition) is 2.